The Morgan fingerprint density at radius 1 is 1.00 bits per heavy atom. The highest BCUT2D eigenvalue weighted by atomic mass is 32.2. The molecule has 0 radical (unpaired) electrons. The molecule has 1 aromatic carbocycles. The fraction of sp³-hybridized carbons (Fsp3) is 0. The highest BCUT2D eigenvalue weighted by Crippen LogP contribution is 2.26. The highest BCUT2D eigenvalue weighted by Gasteiger charge is 2.22. The third-order valence-corrected chi connectivity index (χ3v) is 3.87. The van der Waals surface area contributed by atoms with Crippen LogP contribution in [-0.4, -0.2) is 13.4 Å². The molecule has 2 aromatic rings. The van der Waals surface area contributed by atoms with Crippen molar-refractivity contribution in [1.29, 1.82) is 0 Å². The summed E-state index contributed by atoms with van der Waals surface area (Å²) in [6.07, 6.45) is 1.31. The smallest absolute Gasteiger partial charge is 0.226 e. The molecular formula is C11H8N2O3S. The molecule has 0 saturated carbocycles. The zero-order chi connectivity index (χ0) is 12.3. The monoisotopic (exact) mass is 248 g/mol. The molecule has 5 nitrogen and oxygen atoms in total. The van der Waals surface area contributed by atoms with Crippen molar-refractivity contribution < 1.29 is 8.42 Å². The van der Waals surface area contributed by atoms with Gasteiger partial charge in [-0.3, -0.25) is 0 Å². The SMILES string of the molecule is O=Nc1cccnc1S(=O)(=O)c1ccccc1. The molecule has 0 spiro atoms. The summed E-state index contributed by atoms with van der Waals surface area (Å²) in [5, 5.41) is 2.35. The van der Waals surface area contributed by atoms with Gasteiger partial charge >= 0.3 is 0 Å². The van der Waals surface area contributed by atoms with Crippen molar-refractivity contribution in [2.45, 2.75) is 9.92 Å². The molecule has 0 saturated heterocycles. The molecule has 0 aliphatic heterocycles. The predicted octanol–water partition coefficient (Wildman–Crippen LogP) is 2.31. The highest BCUT2D eigenvalue weighted by molar-refractivity contribution is 7.91. The van der Waals surface area contributed by atoms with E-state index < -0.39 is 9.84 Å². The summed E-state index contributed by atoms with van der Waals surface area (Å²) < 4.78 is 24.3. The van der Waals surface area contributed by atoms with Gasteiger partial charge in [-0.2, -0.15) is 0 Å². The third kappa shape index (κ3) is 2.07. The first kappa shape index (κ1) is 11.4. The maximum Gasteiger partial charge on any atom is 0.226 e. The van der Waals surface area contributed by atoms with E-state index in [0.29, 0.717) is 0 Å². The van der Waals surface area contributed by atoms with E-state index in [2.05, 4.69) is 10.2 Å². The van der Waals surface area contributed by atoms with Crippen molar-refractivity contribution in [2.24, 2.45) is 5.18 Å². The number of benzene rings is 1. The number of rotatable bonds is 3. The van der Waals surface area contributed by atoms with Crippen LogP contribution in [0.4, 0.5) is 5.69 Å². The fourth-order valence-electron chi connectivity index (χ4n) is 1.37. The minimum absolute atomic E-state index is 0.0867. The topological polar surface area (TPSA) is 76.5 Å². The Bertz CT molecular complexity index is 639. The summed E-state index contributed by atoms with van der Waals surface area (Å²) in [6, 6.07) is 10.6. The molecule has 6 heteroatoms. The average Bonchev–Trinajstić information content (AvgIpc) is 2.39. The van der Waals surface area contributed by atoms with Crippen LogP contribution in [0.3, 0.4) is 0 Å². The molecule has 0 unspecified atom stereocenters. The molecule has 0 bridgehead atoms. The second kappa shape index (κ2) is 4.42. The number of sulfone groups is 1. The van der Waals surface area contributed by atoms with Gasteiger partial charge in [-0.1, -0.05) is 18.2 Å². The average molecular weight is 248 g/mol. The van der Waals surface area contributed by atoms with Crippen LogP contribution in [0.25, 0.3) is 0 Å². The Balaban J connectivity index is 2.65. The van der Waals surface area contributed by atoms with Gasteiger partial charge in [0.05, 0.1) is 4.90 Å². The first-order valence-electron chi connectivity index (χ1n) is 4.75. The Morgan fingerprint density at radius 3 is 2.35 bits per heavy atom. The molecule has 0 atom stereocenters. The van der Waals surface area contributed by atoms with Crippen molar-refractivity contribution in [3.8, 4) is 0 Å². The molecule has 0 fully saturated rings. The van der Waals surface area contributed by atoms with E-state index in [0.717, 1.165) is 0 Å². The van der Waals surface area contributed by atoms with Crippen molar-refractivity contribution in [3.63, 3.8) is 0 Å². The van der Waals surface area contributed by atoms with Crippen LogP contribution >= 0.6 is 0 Å². The van der Waals surface area contributed by atoms with E-state index in [1.165, 1.54) is 30.5 Å². The lowest BCUT2D eigenvalue weighted by Crippen LogP contribution is -2.04. The van der Waals surface area contributed by atoms with Crippen molar-refractivity contribution in [1.82, 2.24) is 4.98 Å². The zero-order valence-electron chi connectivity index (χ0n) is 8.65. The number of hydrogen-bond donors (Lipinski definition) is 0. The second-order valence-electron chi connectivity index (χ2n) is 3.24. The lowest BCUT2D eigenvalue weighted by Gasteiger charge is -2.04. The predicted molar refractivity (Wildman–Crippen MR) is 61.6 cm³/mol. The van der Waals surface area contributed by atoms with Crippen molar-refractivity contribution in [3.05, 3.63) is 53.6 Å². The first-order valence-corrected chi connectivity index (χ1v) is 6.23. The van der Waals surface area contributed by atoms with Crippen LogP contribution in [0.5, 0.6) is 0 Å². The van der Waals surface area contributed by atoms with Gasteiger partial charge in [0.15, 0.2) is 5.03 Å². The van der Waals surface area contributed by atoms with Crippen molar-refractivity contribution >= 4 is 15.5 Å². The molecule has 17 heavy (non-hydrogen) atoms. The Labute approximate surface area is 98.0 Å². The van der Waals surface area contributed by atoms with Crippen LogP contribution in [0, 0.1) is 4.91 Å². The molecule has 86 valence electrons. The van der Waals surface area contributed by atoms with Gasteiger partial charge in [-0.15, -0.1) is 4.91 Å². The maximum atomic E-state index is 12.2. The van der Waals surface area contributed by atoms with E-state index in [1.54, 1.807) is 18.2 Å². The quantitative estimate of drug-likeness (QED) is 0.781. The van der Waals surface area contributed by atoms with Gasteiger partial charge in [0, 0.05) is 6.20 Å². The summed E-state index contributed by atoms with van der Waals surface area (Å²) >= 11 is 0. The number of nitroso groups, excluding NO2 is 1. The molecule has 0 N–H and O–H groups in total. The molecule has 0 aliphatic rings. The van der Waals surface area contributed by atoms with Crippen molar-refractivity contribution in [2.75, 3.05) is 0 Å². The summed E-state index contributed by atoms with van der Waals surface area (Å²) in [4.78, 5) is 14.4. The zero-order valence-corrected chi connectivity index (χ0v) is 9.46. The number of pyridine rings is 1. The van der Waals surface area contributed by atoms with Gasteiger partial charge < -0.3 is 0 Å². The van der Waals surface area contributed by atoms with Gasteiger partial charge in [-0.25, -0.2) is 13.4 Å². The van der Waals surface area contributed by atoms with Crippen LogP contribution in [0.1, 0.15) is 0 Å². The van der Waals surface area contributed by atoms with Gasteiger partial charge in [0.1, 0.15) is 5.69 Å². The second-order valence-corrected chi connectivity index (χ2v) is 5.10. The van der Waals surface area contributed by atoms with E-state index >= 15 is 0 Å². The fourth-order valence-corrected chi connectivity index (χ4v) is 2.69. The Morgan fingerprint density at radius 2 is 1.71 bits per heavy atom. The lowest BCUT2D eigenvalue weighted by atomic mass is 10.4. The molecule has 0 amide bonds. The molecule has 1 heterocycles. The molecule has 2 rings (SSSR count). The van der Waals surface area contributed by atoms with E-state index in [1.807, 2.05) is 0 Å². The van der Waals surface area contributed by atoms with E-state index in [9.17, 15) is 13.3 Å². The van der Waals surface area contributed by atoms with Gasteiger partial charge in [0.2, 0.25) is 9.84 Å². The lowest BCUT2D eigenvalue weighted by molar-refractivity contribution is 0.592. The van der Waals surface area contributed by atoms with Crippen LogP contribution in [0.2, 0.25) is 0 Å². The first-order chi connectivity index (χ1) is 8.16. The Kier molecular flexibility index (Phi) is 2.97. The number of hydrogen-bond acceptors (Lipinski definition) is 5. The summed E-state index contributed by atoms with van der Waals surface area (Å²) in [7, 11) is -3.79. The van der Waals surface area contributed by atoms with Crippen LogP contribution < -0.4 is 0 Å². The van der Waals surface area contributed by atoms with Gasteiger partial charge in [-0.05, 0) is 29.4 Å². The summed E-state index contributed by atoms with van der Waals surface area (Å²) in [5.41, 5.74) is -0.184. The summed E-state index contributed by atoms with van der Waals surface area (Å²) in [6.45, 7) is 0. The van der Waals surface area contributed by atoms with E-state index in [-0.39, 0.29) is 15.6 Å². The molecular weight excluding hydrogens is 240 g/mol. The number of nitrogens with zero attached hydrogens (tertiary/aromatic N) is 2. The molecule has 0 aliphatic carbocycles. The third-order valence-electron chi connectivity index (χ3n) is 2.16. The molecule has 1 aromatic heterocycles. The maximum absolute atomic E-state index is 12.2. The standard InChI is InChI=1S/C11H8N2O3S/c14-13-10-7-4-8-12-11(10)17(15,16)9-5-2-1-3-6-9/h1-8H. The van der Waals surface area contributed by atoms with Gasteiger partial charge in [0.25, 0.3) is 0 Å². The summed E-state index contributed by atoms with van der Waals surface area (Å²) in [5.74, 6) is 0. The largest absolute Gasteiger partial charge is 0.242 e. The van der Waals surface area contributed by atoms with Crippen LogP contribution in [-0.2, 0) is 9.84 Å². The number of aromatic nitrogens is 1. The minimum Gasteiger partial charge on any atom is -0.242 e. The van der Waals surface area contributed by atoms with Crippen LogP contribution in [0.15, 0.2) is 63.8 Å². The minimum atomic E-state index is -3.79. The normalized spacial score (nSPS) is 11.1. The van der Waals surface area contributed by atoms with E-state index in [4.69, 9.17) is 0 Å². The Hall–Kier alpha value is -2.08.